The van der Waals surface area contributed by atoms with E-state index in [1.54, 1.807) is 0 Å². The van der Waals surface area contributed by atoms with Gasteiger partial charge in [0.15, 0.2) is 0 Å². The molecule has 4 aliphatic carbocycles. The fourth-order valence-corrected chi connectivity index (χ4v) is 5.36. The van der Waals surface area contributed by atoms with Gasteiger partial charge in [0.25, 0.3) is 0 Å². The van der Waals surface area contributed by atoms with Gasteiger partial charge >= 0.3 is 5.97 Å². The lowest BCUT2D eigenvalue weighted by atomic mass is 9.51. The highest BCUT2D eigenvalue weighted by molar-refractivity contribution is 5.80. The minimum Gasteiger partial charge on any atom is -0.481 e. The Balaban J connectivity index is 1.57. The average Bonchev–Trinajstić information content (AvgIpc) is 2.41. The van der Waals surface area contributed by atoms with Crippen LogP contribution in [0, 0.1) is 35.5 Å². The Morgan fingerprint density at radius 1 is 1.10 bits per heavy atom. The van der Waals surface area contributed by atoms with Crippen molar-refractivity contribution < 1.29 is 14.7 Å². The van der Waals surface area contributed by atoms with Crippen LogP contribution in [0.15, 0.2) is 0 Å². The number of carbonyl (C=O) groups excluding carboxylic acids is 1. The highest BCUT2D eigenvalue weighted by Gasteiger charge is 2.50. The molecule has 4 rings (SSSR count). The SMILES string of the molecule is CCCC(CNC(=O)C1C2CC3CC(C2)CC1C3)C(=O)O. The normalized spacial score (nSPS) is 38.2. The van der Waals surface area contributed by atoms with Crippen molar-refractivity contribution >= 4 is 11.9 Å². The molecule has 4 aliphatic rings. The van der Waals surface area contributed by atoms with Crippen LogP contribution in [-0.2, 0) is 9.59 Å². The number of carbonyl (C=O) groups is 2. The van der Waals surface area contributed by atoms with Crippen molar-refractivity contribution in [2.75, 3.05) is 6.54 Å². The molecule has 2 N–H and O–H groups in total. The summed E-state index contributed by atoms with van der Waals surface area (Å²) in [6.07, 6.45) is 7.76. The van der Waals surface area contributed by atoms with Gasteiger partial charge in [0, 0.05) is 12.5 Å². The number of amides is 1. The van der Waals surface area contributed by atoms with Crippen LogP contribution < -0.4 is 5.32 Å². The van der Waals surface area contributed by atoms with Crippen molar-refractivity contribution in [2.24, 2.45) is 35.5 Å². The smallest absolute Gasteiger partial charge is 0.308 e. The molecular formula is C17H27NO3. The maximum atomic E-state index is 12.6. The lowest BCUT2D eigenvalue weighted by molar-refractivity contribution is -0.143. The lowest BCUT2D eigenvalue weighted by Crippen LogP contribution is -2.51. The molecule has 0 aromatic rings. The molecule has 4 bridgehead atoms. The number of carboxylic acids is 1. The van der Waals surface area contributed by atoms with Crippen molar-refractivity contribution in [1.29, 1.82) is 0 Å². The van der Waals surface area contributed by atoms with Gasteiger partial charge in [-0.1, -0.05) is 13.3 Å². The first-order valence-corrected chi connectivity index (χ1v) is 8.59. The predicted molar refractivity (Wildman–Crippen MR) is 79.6 cm³/mol. The molecule has 4 nitrogen and oxygen atoms in total. The summed E-state index contributed by atoms with van der Waals surface area (Å²) in [6, 6.07) is 0. The zero-order valence-electron chi connectivity index (χ0n) is 12.9. The van der Waals surface area contributed by atoms with Gasteiger partial charge in [0.1, 0.15) is 0 Å². The summed E-state index contributed by atoms with van der Waals surface area (Å²) >= 11 is 0. The Morgan fingerprint density at radius 3 is 2.14 bits per heavy atom. The fraction of sp³-hybridized carbons (Fsp3) is 0.882. The van der Waals surface area contributed by atoms with Gasteiger partial charge in [-0.3, -0.25) is 9.59 Å². The van der Waals surface area contributed by atoms with Gasteiger partial charge in [-0.2, -0.15) is 0 Å². The Labute approximate surface area is 126 Å². The summed E-state index contributed by atoms with van der Waals surface area (Å²) in [6.45, 7) is 2.28. The predicted octanol–water partition coefficient (Wildman–Crippen LogP) is 2.68. The van der Waals surface area contributed by atoms with Crippen LogP contribution in [0.25, 0.3) is 0 Å². The summed E-state index contributed by atoms with van der Waals surface area (Å²) in [5.41, 5.74) is 0. The lowest BCUT2D eigenvalue weighted by Gasteiger charge is -2.53. The quantitative estimate of drug-likeness (QED) is 0.791. The zero-order chi connectivity index (χ0) is 15.0. The molecule has 1 amide bonds. The van der Waals surface area contributed by atoms with E-state index in [0.29, 0.717) is 24.8 Å². The third-order valence-corrected chi connectivity index (χ3v) is 6.04. The van der Waals surface area contributed by atoms with Crippen LogP contribution in [-0.4, -0.2) is 23.5 Å². The average molecular weight is 293 g/mol. The Kier molecular flexibility index (Phi) is 4.23. The van der Waals surface area contributed by atoms with Crippen LogP contribution in [0.3, 0.4) is 0 Å². The third-order valence-electron chi connectivity index (χ3n) is 6.04. The first kappa shape index (κ1) is 14.9. The van der Waals surface area contributed by atoms with Gasteiger partial charge in [-0.05, 0) is 62.2 Å². The highest BCUT2D eigenvalue weighted by atomic mass is 16.4. The van der Waals surface area contributed by atoms with Crippen LogP contribution in [0.2, 0.25) is 0 Å². The van der Waals surface area contributed by atoms with Gasteiger partial charge in [-0.15, -0.1) is 0 Å². The molecule has 4 saturated carbocycles. The topological polar surface area (TPSA) is 66.4 Å². The molecule has 21 heavy (non-hydrogen) atoms. The minimum absolute atomic E-state index is 0.131. The molecule has 0 radical (unpaired) electrons. The van der Waals surface area contributed by atoms with Crippen LogP contribution in [0.4, 0.5) is 0 Å². The number of hydrogen-bond acceptors (Lipinski definition) is 2. The molecule has 0 aromatic carbocycles. The van der Waals surface area contributed by atoms with E-state index >= 15 is 0 Å². The van der Waals surface area contributed by atoms with Crippen molar-refractivity contribution in [3.8, 4) is 0 Å². The first-order valence-electron chi connectivity index (χ1n) is 8.59. The third kappa shape index (κ3) is 2.95. The number of aliphatic carboxylic acids is 1. The van der Waals surface area contributed by atoms with Crippen molar-refractivity contribution in [2.45, 2.75) is 51.9 Å². The van der Waals surface area contributed by atoms with Crippen molar-refractivity contribution in [1.82, 2.24) is 5.32 Å². The fourth-order valence-electron chi connectivity index (χ4n) is 5.36. The second-order valence-electron chi connectivity index (χ2n) is 7.53. The largest absolute Gasteiger partial charge is 0.481 e. The number of nitrogens with one attached hydrogen (secondary N) is 1. The van der Waals surface area contributed by atoms with Crippen LogP contribution in [0.5, 0.6) is 0 Å². The van der Waals surface area contributed by atoms with Crippen molar-refractivity contribution in [3.05, 3.63) is 0 Å². The van der Waals surface area contributed by atoms with E-state index in [0.717, 1.165) is 18.3 Å². The van der Waals surface area contributed by atoms with Gasteiger partial charge < -0.3 is 10.4 Å². The van der Waals surface area contributed by atoms with Gasteiger partial charge in [0.05, 0.1) is 5.92 Å². The molecule has 4 heteroatoms. The molecule has 0 heterocycles. The first-order chi connectivity index (χ1) is 10.1. The van der Waals surface area contributed by atoms with E-state index in [9.17, 15) is 14.7 Å². The Morgan fingerprint density at radius 2 is 1.67 bits per heavy atom. The molecule has 118 valence electrons. The van der Waals surface area contributed by atoms with E-state index < -0.39 is 11.9 Å². The molecule has 0 spiro atoms. The highest BCUT2D eigenvalue weighted by Crippen LogP contribution is 2.56. The van der Waals surface area contributed by atoms with Crippen LogP contribution >= 0.6 is 0 Å². The summed E-state index contributed by atoms with van der Waals surface area (Å²) in [5, 5.41) is 12.1. The maximum Gasteiger partial charge on any atom is 0.308 e. The Bertz CT molecular complexity index is 392. The maximum absolute atomic E-state index is 12.6. The molecule has 4 fully saturated rings. The summed E-state index contributed by atoms with van der Waals surface area (Å²) in [4.78, 5) is 23.7. The zero-order valence-corrected chi connectivity index (χ0v) is 12.9. The summed E-state index contributed by atoms with van der Waals surface area (Å²) < 4.78 is 0. The van der Waals surface area contributed by atoms with Gasteiger partial charge in [-0.25, -0.2) is 0 Å². The van der Waals surface area contributed by atoms with E-state index in [4.69, 9.17) is 0 Å². The summed E-state index contributed by atoms with van der Waals surface area (Å²) in [7, 11) is 0. The molecule has 1 unspecified atom stereocenters. The van der Waals surface area contributed by atoms with Gasteiger partial charge in [0.2, 0.25) is 5.91 Å². The molecule has 0 saturated heterocycles. The molecule has 0 aromatic heterocycles. The van der Waals surface area contributed by atoms with E-state index in [2.05, 4.69) is 5.32 Å². The number of rotatable bonds is 6. The molecule has 0 aliphatic heterocycles. The van der Waals surface area contributed by atoms with E-state index in [1.165, 1.54) is 32.1 Å². The minimum atomic E-state index is -0.790. The van der Waals surface area contributed by atoms with E-state index in [-0.39, 0.29) is 11.8 Å². The standard InChI is InChI=1S/C17H27NO3/c1-2-3-12(17(20)21)9-18-16(19)15-13-5-10-4-11(7-13)8-14(15)6-10/h10-15H,2-9H2,1H3,(H,18,19)(H,20,21). The molecular weight excluding hydrogens is 266 g/mol. The van der Waals surface area contributed by atoms with E-state index in [1.807, 2.05) is 6.92 Å². The number of carboxylic acid groups (broad SMARTS) is 1. The second-order valence-corrected chi connectivity index (χ2v) is 7.53. The summed E-state index contributed by atoms with van der Waals surface area (Å²) in [5.74, 6) is 1.93. The Hall–Kier alpha value is -1.06. The monoisotopic (exact) mass is 293 g/mol. The second kappa shape index (κ2) is 5.98. The van der Waals surface area contributed by atoms with Crippen molar-refractivity contribution in [3.63, 3.8) is 0 Å². The molecule has 1 atom stereocenters. The van der Waals surface area contributed by atoms with Crippen LogP contribution in [0.1, 0.15) is 51.9 Å². The number of hydrogen-bond donors (Lipinski definition) is 2.